The summed E-state index contributed by atoms with van der Waals surface area (Å²) >= 11 is 0. The van der Waals surface area contributed by atoms with Crippen LogP contribution >= 0.6 is 0 Å². The zero-order valence-corrected chi connectivity index (χ0v) is 13.7. The number of H-pyrrole nitrogens is 3. The van der Waals surface area contributed by atoms with Crippen LogP contribution in [-0.4, -0.2) is 19.9 Å². The predicted octanol–water partition coefficient (Wildman–Crippen LogP) is 0.690. The Morgan fingerprint density at radius 1 is 0.923 bits per heavy atom. The van der Waals surface area contributed by atoms with Crippen molar-refractivity contribution < 1.29 is 4.42 Å². The van der Waals surface area contributed by atoms with Gasteiger partial charge >= 0.3 is 11.3 Å². The highest BCUT2D eigenvalue weighted by molar-refractivity contribution is 5.94. The normalized spacial score (nSPS) is 11.3. The summed E-state index contributed by atoms with van der Waals surface area (Å²) in [4.78, 5) is 58.7. The van der Waals surface area contributed by atoms with Gasteiger partial charge in [-0.2, -0.15) is 0 Å². The Morgan fingerprint density at radius 3 is 2.46 bits per heavy atom. The summed E-state index contributed by atoms with van der Waals surface area (Å²) in [7, 11) is 0. The van der Waals surface area contributed by atoms with Gasteiger partial charge in [-0.05, 0) is 31.0 Å². The lowest BCUT2D eigenvalue weighted by Crippen LogP contribution is -2.26. The lowest BCUT2D eigenvalue weighted by atomic mass is 10.0. The van der Waals surface area contributed by atoms with Gasteiger partial charge in [-0.1, -0.05) is 6.07 Å². The maximum atomic E-state index is 12.5. The Morgan fingerprint density at radius 2 is 1.69 bits per heavy atom. The summed E-state index contributed by atoms with van der Waals surface area (Å²) < 4.78 is 5.27. The number of aryl methyl sites for hydroxylation is 2. The van der Waals surface area contributed by atoms with Crippen molar-refractivity contribution in [3.63, 3.8) is 0 Å². The number of aromatic amines is 3. The standard InChI is InChI=1S/C17H12N4O5/c1-6-3-7(2)13-9(4-6)8(5-10(22)26-13)11-15(23)19-14-12(18-11)16(24)21-17(25)20-14/h3-5H,1-2H3,(H3,19,20,21,23,24,25). The molecule has 4 rings (SSSR count). The van der Waals surface area contributed by atoms with Gasteiger partial charge < -0.3 is 9.40 Å². The number of rotatable bonds is 1. The average molecular weight is 352 g/mol. The number of fused-ring (bicyclic) bond motifs is 2. The molecule has 1 aromatic carbocycles. The minimum absolute atomic E-state index is 0.0906. The summed E-state index contributed by atoms with van der Waals surface area (Å²) in [5, 5.41) is 0.528. The molecule has 26 heavy (non-hydrogen) atoms. The van der Waals surface area contributed by atoms with Crippen molar-refractivity contribution in [2.24, 2.45) is 0 Å². The Labute approximate surface area is 143 Å². The molecule has 9 heteroatoms. The van der Waals surface area contributed by atoms with Crippen LogP contribution in [0.3, 0.4) is 0 Å². The molecule has 0 saturated heterocycles. The number of nitrogens with zero attached hydrogens (tertiary/aromatic N) is 1. The lowest BCUT2D eigenvalue weighted by Gasteiger charge is -2.08. The molecule has 0 atom stereocenters. The minimum Gasteiger partial charge on any atom is -0.422 e. The Bertz CT molecular complexity index is 1440. The van der Waals surface area contributed by atoms with E-state index in [1.807, 2.05) is 18.0 Å². The average Bonchev–Trinajstić information content (AvgIpc) is 2.54. The van der Waals surface area contributed by atoms with E-state index in [4.69, 9.17) is 4.42 Å². The summed E-state index contributed by atoms with van der Waals surface area (Å²) in [5.41, 5.74) is -0.920. The first-order chi connectivity index (χ1) is 12.3. The molecule has 0 aliphatic rings. The summed E-state index contributed by atoms with van der Waals surface area (Å²) in [6.45, 7) is 3.66. The van der Waals surface area contributed by atoms with Crippen molar-refractivity contribution in [1.82, 2.24) is 19.9 Å². The van der Waals surface area contributed by atoms with Crippen molar-refractivity contribution in [3.8, 4) is 11.3 Å². The summed E-state index contributed by atoms with van der Waals surface area (Å²) in [6, 6.07) is 4.77. The van der Waals surface area contributed by atoms with Gasteiger partial charge in [-0.3, -0.25) is 19.6 Å². The quantitative estimate of drug-likeness (QED) is 0.430. The van der Waals surface area contributed by atoms with Crippen LogP contribution in [0.1, 0.15) is 11.1 Å². The summed E-state index contributed by atoms with van der Waals surface area (Å²) in [6.07, 6.45) is 0. The van der Waals surface area contributed by atoms with Crippen LogP contribution in [0.25, 0.3) is 33.4 Å². The zero-order valence-electron chi connectivity index (χ0n) is 13.7. The molecule has 0 amide bonds. The van der Waals surface area contributed by atoms with Gasteiger partial charge in [-0.25, -0.2) is 14.6 Å². The topological polar surface area (TPSA) is 142 Å². The van der Waals surface area contributed by atoms with E-state index in [2.05, 4.69) is 15.0 Å². The highest BCUT2D eigenvalue weighted by Crippen LogP contribution is 2.27. The molecule has 4 aromatic rings. The van der Waals surface area contributed by atoms with Crippen LogP contribution in [0.4, 0.5) is 0 Å². The molecular formula is C17H12N4O5. The van der Waals surface area contributed by atoms with Crippen LogP contribution in [0.2, 0.25) is 0 Å². The fourth-order valence-electron chi connectivity index (χ4n) is 3.01. The molecule has 0 spiro atoms. The van der Waals surface area contributed by atoms with E-state index in [9.17, 15) is 19.2 Å². The third kappa shape index (κ3) is 2.37. The van der Waals surface area contributed by atoms with Crippen LogP contribution in [0, 0.1) is 13.8 Å². The second kappa shape index (κ2) is 5.38. The van der Waals surface area contributed by atoms with E-state index in [1.165, 1.54) is 0 Å². The SMILES string of the molecule is Cc1cc(C)c2oc(=O)cc(-c3nc4c(=O)[nH]c(=O)[nH]c4[nH]c3=O)c2c1. The predicted molar refractivity (Wildman–Crippen MR) is 94.6 cm³/mol. The second-order valence-electron chi connectivity index (χ2n) is 5.98. The van der Waals surface area contributed by atoms with Gasteiger partial charge in [0, 0.05) is 17.0 Å². The van der Waals surface area contributed by atoms with Crippen LogP contribution in [-0.2, 0) is 0 Å². The molecule has 0 saturated carbocycles. The van der Waals surface area contributed by atoms with Crippen molar-refractivity contribution in [2.45, 2.75) is 13.8 Å². The van der Waals surface area contributed by atoms with Crippen molar-refractivity contribution >= 4 is 22.1 Å². The van der Waals surface area contributed by atoms with E-state index in [-0.39, 0.29) is 22.4 Å². The zero-order chi connectivity index (χ0) is 18.6. The highest BCUT2D eigenvalue weighted by atomic mass is 16.4. The first-order valence-electron chi connectivity index (χ1n) is 7.65. The number of aromatic nitrogens is 4. The van der Waals surface area contributed by atoms with E-state index >= 15 is 0 Å². The molecule has 0 aliphatic heterocycles. The number of hydrogen-bond acceptors (Lipinski definition) is 6. The van der Waals surface area contributed by atoms with E-state index < -0.39 is 22.4 Å². The van der Waals surface area contributed by atoms with Crippen LogP contribution < -0.4 is 22.4 Å². The fourth-order valence-corrected chi connectivity index (χ4v) is 3.01. The maximum Gasteiger partial charge on any atom is 0.336 e. The second-order valence-corrected chi connectivity index (χ2v) is 5.98. The maximum absolute atomic E-state index is 12.5. The number of benzene rings is 1. The van der Waals surface area contributed by atoms with Crippen molar-refractivity contribution in [2.75, 3.05) is 0 Å². The molecule has 0 unspecified atom stereocenters. The monoisotopic (exact) mass is 352 g/mol. The molecular weight excluding hydrogens is 340 g/mol. The van der Waals surface area contributed by atoms with Gasteiger partial charge in [0.1, 0.15) is 16.9 Å². The third-order valence-electron chi connectivity index (χ3n) is 4.02. The third-order valence-corrected chi connectivity index (χ3v) is 4.02. The largest absolute Gasteiger partial charge is 0.422 e. The Kier molecular flexibility index (Phi) is 3.26. The Balaban J connectivity index is 2.19. The highest BCUT2D eigenvalue weighted by Gasteiger charge is 2.16. The Hall–Kier alpha value is -3.75. The molecule has 0 fully saturated rings. The molecule has 130 valence electrons. The first kappa shape index (κ1) is 15.8. The molecule has 3 heterocycles. The molecule has 9 nitrogen and oxygen atoms in total. The van der Waals surface area contributed by atoms with Crippen LogP contribution in [0.15, 0.2) is 41.8 Å². The minimum atomic E-state index is -0.759. The van der Waals surface area contributed by atoms with Gasteiger partial charge in [0.05, 0.1) is 0 Å². The van der Waals surface area contributed by atoms with Crippen LogP contribution in [0.5, 0.6) is 0 Å². The van der Waals surface area contributed by atoms with Gasteiger partial charge in [0.2, 0.25) is 0 Å². The molecule has 3 aromatic heterocycles. The van der Waals surface area contributed by atoms with E-state index in [0.717, 1.165) is 17.2 Å². The molecule has 0 radical (unpaired) electrons. The lowest BCUT2D eigenvalue weighted by molar-refractivity contribution is 0.559. The molecule has 0 bridgehead atoms. The van der Waals surface area contributed by atoms with Gasteiger partial charge in [0.25, 0.3) is 11.1 Å². The number of hydrogen-bond donors (Lipinski definition) is 3. The van der Waals surface area contributed by atoms with Crippen molar-refractivity contribution in [1.29, 1.82) is 0 Å². The first-order valence-corrected chi connectivity index (χ1v) is 7.65. The van der Waals surface area contributed by atoms with Gasteiger partial charge in [-0.15, -0.1) is 0 Å². The fraction of sp³-hybridized carbons (Fsp3) is 0.118. The molecule has 0 aliphatic carbocycles. The summed E-state index contributed by atoms with van der Waals surface area (Å²) in [5.74, 6) is 0. The van der Waals surface area contributed by atoms with Crippen molar-refractivity contribution in [3.05, 3.63) is 70.9 Å². The number of nitrogens with one attached hydrogen (secondary N) is 3. The van der Waals surface area contributed by atoms with E-state index in [0.29, 0.717) is 11.0 Å². The smallest absolute Gasteiger partial charge is 0.336 e. The molecule has 3 N–H and O–H groups in total. The van der Waals surface area contributed by atoms with Gasteiger partial charge in [0.15, 0.2) is 5.52 Å². The van der Waals surface area contributed by atoms with E-state index in [1.54, 1.807) is 13.0 Å².